The Morgan fingerprint density at radius 1 is 1.29 bits per heavy atom. The van der Waals surface area contributed by atoms with E-state index in [9.17, 15) is 4.79 Å². The molecule has 1 aliphatic rings. The van der Waals surface area contributed by atoms with Crippen LogP contribution < -0.4 is 10.1 Å². The van der Waals surface area contributed by atoms with Crippen molar-refractivity contribution in [1.29, 1.82) is 0 Å². The van der Waals surface area contributed by atoms with E-state index < -0.39 is 9.70 Å². The van der Waals surface area contributed by atoms with Crippen LogP contribution in [-0.2, 0) is 4.79 Å². The van der Waals surface area contributed by atoms with Gasteiger partial charge in [0.1, 0.15) is 5.75 Å². The van der Waals surface area contributed by atoms with Gasteiger partial charge in [0.15, 0.2) is 0 Å². The van der Waals surface area contributed by atoms with E-state index in [0.717, 1.165) is 18.7 Å². The highest BCUT2D eigenvalue weighted by Gasteiger charge is 2.30. The molecule has 2 rings (SSSR count). The predicted octanol–water partition coefficient (Wildman–Crippen LogP) is 4.64. The highest BCUT2D eigenvalue weighted by atomic mass is 35.6. The van der Waals surface area contributed by atoms with Gasteiger partial charge in [0.25, 0.3) is 9.70 Å². The summed E-state index contributed by atoms with van der Waals surface area (Å²) in [4.78, 5) is 14.1. The topological polar surface area (TPSA) is 41.6 Å². The standard InChI is InChI=1S/C17H23Cl3N2O2/c1-13-5-2-3-10-22(13)11-4-12-24-15-8-6-14(7-9-15)21-16(23)17(18,19)20/h6-9,13H,2-5,10-12H2,1H3,(H,21,23)/t13-/m1/s1. The summed E-state index contributed by atoms with van der Waals surface area (Å²) in [5, 5.41) is 2.53. The van der Waals surface area contributed by atoms with Gasteiger partial charge in [-0.15, -0.1) is 0 Å². The zero-order valence-corrected chi connectivity index (χ0v) is 16.0. The van der Waals surface area contributed by atoms with Crippen molar-refractivity contribution >= 4 is 46.4 Å². The van der Waals surface area contributed by atoms with Crippen LogP contribution in [0.3, 0.4) is 0 Å². The molecule has 1 saturated heterocycles. The Bertz CT molecular complexity index is 532. The van der Waals surface area contributed by atoms with Gasteiger partial charge in [-0.3, -0.25) is 4.79 Å². The molecule has 0 aromatic heterocycles. The average Bonchev–Trinajstić information content (AvgIpc) is 2.53. The maximum Gasteiger partial charge on any atom is 0.276 e. The summed E-state index contributed by atoms with van der Waals surface area (Å²) in [5.41, 5.74) is 0.556. The van der Waals surface area contributed by atoms with Crippen molar-refractivity contribution in [1.82, 2.24) is 4.90 Å². The Balaban J connectivity index is 1.71. The van der Waals surface area contributed by atoms with Crippen LogP contribution in [0.2, 0.25) is 0 Å². The number of ether oxygens (including phenoxy) is 1. The second-order valence-electron chi connectivity index (χ2n) is 6.06. The average molecular weight is 394 g/mol. The van der Waals surface area contributed by atoms with E-state index in [2.05, 4.69) is 17.1 Å². The lowest BCUT2D eigenvalue weighted by atomic mass is 10.0. The van der Waals surface area contributed by atoms with E-state index in [1.54, 1.807) is 24.3 Å². The fraction of sp³-hybridized carbons (Fsp3) is 0.588. The van der Waals surface area contributed by atoms with Gasteiger partial charge in [-0.2, -0.15) is 0 Å². The summed E-state index contributed by atoms with van der Waals surface area (Å²) in [5.74, 6) is 0.0744. The molecule has 1 aromatic rings. The van der Waals surface area contributed by atoms with Gasteiger partial charge in [-0.1, -0.05) is 41.2 Å². The number of rotatable bonds is 6. The number of alkyl halides is 3. The second-order valence-corrected chi connectivity index (χ2v) is 8.34. The number of hydrogen-bond acceptors (Lipinski definition) is 3. The van der Waals surface area contributed by atoms with Crippen molar-refractivity contribution in [2.75, 3.05) is 25.0 Å². The molecule has 0 aliphatic carbocycles. The van der Waals surface area contributed by atoms with E-state index in [1.807, 2.05) is 0 Å². The van der Waals surface area contributed by atoms with Gasteiger partial charge in [-0.05, 0) is 57.0 Å². The monoisotopic (exact) mass is 392 g/mol. The van der Waals surface area contributed by atoms with Crippen LogP contribution in [0.5, 0.6) is 5.75 Å². The first-order valence-electron chi connectivity index (χ1n) is 8.21. The summed E-state index contributed by atoms with van der Waals surface area (Å²) >= 11 is 16.5. The number of piperidine rings is 1. The number of likely N-dealkylation sites (tertiary alicyclic amines) is 1. The zero-order valence-electron chi connectivity index (χ0n) is 13.7. The van der Waals surface area contributed by atoms with E-state index >= 15 is 0 Å². The van der Waals surface area contributed by atoms with Crippen LogP contribution in [0.15, 0.2) is 24.3 Å². The van der Waals surface area contributed by atoms with Gasteiger partial charge in [0.2, 0.25) is 0 Å². The molecule has 24 heavy (non-hydrogen) atoms. The van der Waals surface area contributed by atoms with Crippen LogP contribution >= 0.6 is 34.8 Å². The fourth-order valence-corrected chi connectivity index (χ4v) is 2.93. The molecule has 0 spiro atoms. The third kappa shape index (κ3) is 6.32. The number of anilines is 1. The first-order chi connectivity index (χ1) is 11.4. The summed E-state index contributed by atoms with van der Waals surface area (Å²) in [6, 6.07) is 7.70. The lowest BCUT2D eigenvalue weighted by molar-refractivity contribution is -0.115. The van der Waals surface area contributed by atoms with E-state index in [1.165, 1.54) is 25.8 Å². The number of nitrogens with one attached hydrogen (secondary N) is 1. The van der Waals surface area contributed by atoms with E-state index in [-0.39, 0.29) is 0 Å². The van der Waals surface area contributed by atoms with Crippen molar-refractivity contribution in [3.05, 3.63) is 24.3 Å². The number of amides is 1. The molecule has 1 heterocycles. The third-order valence-corrected chi connectivity index (χ3v) is 4.68. The Morgan fingerprint density at radius 2 is 2.00 bits per heavy atom. The summed E-state index contributed by atoms with van der Waals surface area (Å²) in [7, 11) is 0. The molecule has 1 amide bonds. The van der Waals surface area contributed by atoms with Gasteiger partial charge in [0.05, 0.1) is 6.61 Å². The number of carbonyl (C=O) groups is 1. The number of carbonyl (C=O) groups excluding carboxylic acids is 1. The first kappa shape index (κ1) is 19.6. The van der Waals surface area contributed by atoms with Crippen molar-refractivity contribution in [3.63, 3.8) is 0 Å². The lowest BCUT2D eigenvalue weighted by Crippen LogP contribution is -2.38. The molecule has 0 bridgehead atoms. The molecule has 7 heteroatoms. The Hall–Kier alpha value is -0.680. The van der Waals surface area contributed by atoms with Crippen molar-refractivity contribution < 1.29 is 9.53 Å². The Labute approximate surface area is 158 Å². The van der Waals surface area contributed by atoms with Crippen molar-refractivity contribution in [2.24, 2.45) is 0 Å². The molecule has 1 atom stereocenters. The molecular formula is C17H23Cl3N2O2. The molecule has 0 saturated carbocycles. The minimum Gasteiger partial charge on any atom is -0.494 e. The van der Waals surface area contributed by atoms with Gasteiger partial charge in [0, 0.05) is 18.3 Å². The first-order valence-corrected chi connectivity index (χ1v) is 9.35. The summed E-state index contributed by atoms with van der Waals surface area (Å²) < 4.78 is 3.77. The van der Waals surface area contributed by atoms with Crippen molar-refractivity contribution in [2.45, 2.75) is 42.4 Å². The van der Waals surface area contributed by atoms with E-state index in [0.29, 0.717) is 18.3 Å². The fourth-order valence-electron chi connectivity index (χ4n) is 2.78. The number of nitrogens with zero attached hydrogens (tertiary/aromatic N) is 1. The normalized spacial score (nSPS) is 19.1. The summed E-state index contributed by atoms with van der Waals surface area (Å²) in [6.07, 6.45) is 4.93. The highest BCUT2D eigenvalue weighted by Crippen LogP contribution is 2.28. The largest absolute Gasteiger partial charge is 0.494 e. The smallest absolute Gasteiger partial charge is 0.276 e. The molecule has 134 valence electrons. The number of halogens is 3. The lowest BCUT2D eigenvalue weighted by Gasteiger charge is -2.33. The van der Waals surface area contributed by atoms with Gasteiger partial charge >= 0.3 is 0 Å². The molecular weight excluding hydrogens is 371 g/mol. The minimum atomic E-state index is -1.97. The predicted molar refractivity (Wildman–Crippen MR) is 100 cm³/mol. The Kier molecular flexibility index (Phi) is 7.48. The minimum absolute atomic E-state index is 0.556. The molecule has 1 N–H and O–H groups in total. The van der Waals surface area contributed by atoms with Crippen LogP contribution in [0.25, 0.3) is 0 Å². The van der Waals surface area contributed by atoms with Crippen LogP contribution in [0.4, 0.5) is 5.69 Å². The van der Waals surface area contributed by atoms with Crippen LogP contribution in [-0.4, -0.2) is 40.3 Å². The molecule has 4 nitrogen and oxygen atoms in total. The SMILES string of the molecule is C[C@@H]1CCCCN1CCCOc1ccc(NC(=O)C(Cl)(Cl)Cl)cc1. The quantitative estimate of drug-likeness (QED) is 0.565. The zero-order chi connectivity index (χ0) is 17.6. The van der Waals surface area contributed by atoms with Gasteiger partial charge < -0.3 is 15.0 Å². The van der Waals surface area contributed by atoms with Gasteiger partial charge in [-0.25, -0.2) is 0 Å². The number of hydrogen-bond donors (Lipinski definition) is 1. The third-order valence-electron chi connectivity index (χ3n) is 4.17. The molecule has 1 aliphatic heterocycles. The maximum atomic E-state index is 11.6. The second kappa shape index (κ2) is 9.14. The van der Waals surface area contributed by atoms with Crippen LogP contribution in [0.1, 0.15) is 32.6 Å². The molecule has 1 fully saturated rings. The van der Waals surface area contributed by atoms with Crippen molar-refractivity contribution in [3.8, 4) is 5.75 Å². The van der Waals surface area contributed by atoms with Crippen LogP contribution in [0, 0.1) is 0 Å². The molecule has 1 aromatic carbocycles. The number of benzene rings is 1. The maximum absolute atomic E-state index is 11.6. The van der Waals surface area contributed by atoms with E-state index in [4.69, 9.17) is 39.5 Å². The molecule has 0 radical (unpaired) electrons. The summed E-state index contributed by atoms with van der Waals surface area (Å²) in [6.45, 7) is 5.23. The molecule has 0 unspecified atom stereocenters. The Morgan fingerprint density at radius 3 is 2.62 bits per heavy atom. The highest BCUT2D eigenvalue weighted by molar-refractivity contribution is 6.76.